The van der Waals surface area contributed by atoms with Gasteiger partial charge in [0.25, 0.3) is 5.91 Å². The second kappa shape index (κ2) is 30.8. The van der Waals surface area contributed by atoms with E-state index in [4.69, 9.17) is 24.4 Å². The molecule has 79 heavy (non-hydrogen) atoms. The Labute approximate surface area is 490 Å². The summed E-state index contributed by atoms with van der Waals surface area (Å²) in [5.41, 5.74) is 13.2. The van der Waals surface area contributed by atoms with E-state index in [9.17, 15) is 14.4 Å². The zero-order chi connectivity index (χ0) is 55.9. The van der Waals surface area contributed by atoms with E-state index in [2.05, 4.69) is 108 Å². The van der Waals surface area contributed by atoms with E-state index in [1.165, 1.54) is 76.9 Å². The number of nitrogens with one attached hydrogen (secondary N) is 3. The van der Waals surface area contributed by atoms with Gasteiger partial charge >= 0.3 is 35.0 Å². The Kier molecular flexibility index (Phi) is 24.7. The Morgan fingerprint density at radius 2 is 1.44 bits per heavy atom. The summed E-state index contributed by atoms with van der Waals surface area (Å²) in [6, 6.07) is 6.59. The first-order valence-corrected chi connectivity index (χ1v) is 30.4. The number of aliphatic imine (C=N–C) groups is 1. The van der Waals surface area contributed by atoms with Crippen LogP contribution in [0.5, 0.6) is 0 Å². The van der Waals surface area contributed by atoms with Crippen LogP contribution in [0.15, 0.2) is 47.5 Å². The Bertz CT molecular complexity index is 2780. The fraction of sp³-hybridized carbons (Fsp3) is 0.612. The molecule has 0 spiro atoms. The summed E-state index contributed by atoms with van der Waals surface area (Å²) < 4.78 is 11.3. The molecular weight excluding hydrogens is 993 g/mol. The first kappa shape index (κ1) is 63.4. The molecule has 2 aromatic rings. The molecule has 1 amide bonds. The normalized spacial score (nSPS) is 18.6. The molecule has 2 saturated carbocycles. The van der Waals surface area contributed by atoms with Crippen LogP contribution in [0.4, 0.5) is 0 Å². The van der Waals surface area contributed by atoms with E-state index >= 15 is 0 Å². The molecule has 2 aliphatic carbocycles. The SMILES string of the molecule is C=CC1=C(C)c2cc3[n-]c(c(CC(=O)OC)c4[nH+]c(cc5[n-]c(cc1[nH+]2)c(C=NC1CCCCC1)c5CC)C(C)=C4C(=O)NC1CCCCC1)C(CCC(=O)OCC=C(C)CCCC(C)CCCC(C)CCCC(C)C)C3C.[Mg+2]. The van der Waals surface area contributed by atoms with Gasteiger partial charge in [0.2, 0.25) is 22.8 Å². The summed E-state index contributed by atoms with van der Waals surface area (Å²) in [6.07, 6.45) is 29.4. The molecule has 11 nitrogen and oxygen atoms in total. The summed E-state index contributed by atoms with van der Waals surface area (Å²) in [4.78, 5) is 65.9. The third kappa shape index (κ3) is 17.1. The van der Waals surface area contributed by atoms with Gasteiger partial charge in [0.05, 0.1) is 19.1 Å². The minimum atomic E-state index is -0.454. The van der Waals surface area contributed by atoms with Crippen LogP contribution in [0, 0.1) is 17.8 Å². The van der Waals surface area contributed by atoms with Crippen LogP contribution in [-0.2, 0) is 36.7 Å². The second-order valence-electron chi connectivity index (χ2n) is 24.2. The van der Waals surface area contributed by atoms with Crippen molar-refractivity contribution in [2.45, 2.75) is 234 Å². The quantitative estimate of drug-likeness (QED) is 0.0450. The molecule has 7 rings (SSSR count). The van der Waals surface area contributed by atoms with Crippen molar-refractivity contribution in [2.75, 3.05) is 13.7 Å². The van der Waals surface area contributed by atoms with Crippen molar-refractivity contribution >= 4 is 80.4 Å². The molecule has 0 radical (unpaired) electrons. The number of ether oxygens (including phenoxy) is 2. The number of aromatic amines is 2. The number of aryl methyl sites for hydroxylation is 1. The van der Waals surface area contributed by atoms with Crippen molar-refractivity contribution in [3.8, 4) is 0 Å². The summed E-state index contributed by atoms with van der Waals surface area (Å²) in [5, 5.41) is 3.41. The minimum Gasteiger partial charge on any atom is -0.664 e. The summed E-state index contributed by atoms with van der Waals surface area (Å²) in [7, 11) is 1.39. The number of methoxy groups -OCH3 is 1. The van der Waals surface area contributed by atoms with Crippen LogP contribution in [-0.4, -0.2) is 72.9 Å². The fourth-order valence-corrected chi connectivity index (χ4v) is 12.6. The maximum atomic E-state index is 15.0. The molecule has 4 atom stereocenters. The van der Waals surface area contributed by atoms with Gasteiger partial charge in [-0.05, 0) is 132 Å². The first-order valence-electron chi connectivity index (χ1n) is 30.4. The predicted octanol–water partition coefficient (Wildman–Crippen LogP) is 13.9. The average molecular weight is 1090 g/mol. The third-order valence-corrected chi connectivity index (χ3v) is 17.7. The molecule has 0 saturated heterocycles. The molecule has 2 fully saturated rings. The number of carbonyl (C=O) groups excluding carboxylic acids is 3. The van der Waals surface area contributed by atoms with Crippen molar-refractivity contribution in [3.05, 3.63) is 93.4 Å². The molecule has 5 heterocycles. The van der Waals surface area contributed by atoms with E-state index in [1.807, 2.05) is 13.0 Å². The maximum absolute atomic E-state index is 15.0. The molecular formula is C67H96MgN6O5+2. The van der Waals surface area contributed by atoms with E-state index < -0.39 is 5.97 Å². The predicted molar refractivity (Wildman–Crippen MR) is 323 cm³/mol. The molecule has 2 aromatic heterocycles. The molecule has 5 aliphatic rings. The second-order valence-corrected chi connectivity index (χ2v) is 24.2. The van der Waals surface area contributed by atoms with Gasteiger partial charge < -0.3 is 24.8 Å². The molecule has 12 heteroatoms. The number of H-pyrrole nitrogens is 2. The number of hydrogen-bond donors (Lipinski definition) is 1. The van der Waals surface area contributed by atoms with Crippen molar-refractivity contribution in [2.24, 2.45) is 22.7 Å². The van der Waals surface area contributed by atoms with Crippen molar-refractivity contribution < 1.29 is 33.8 Å². The Morgan fingerprint density at radius 3 is 2.10 bits per heavy atom. The number of nitrogens with zero attached hydrogens (tertiary/aromatic N) is 3. The topological polar surface area (TPSA) is 151 Å². The average Bonchev–Trinajstić information content (AvgIpc) is 4.17. The number of esters is 2. The van der Waals surface area contributed by atoms with E-state index in [1.54, 1.807) is 0 Å². The van der Waals surface area contributed by atoms with E-state index in [0.717, 1.165) is 131 Å². The van der Waals surface area contributed by atoms with Gasteiger partial charge in [0.1, 0.15) is 12.2 Å². The zero-order valence-electron chi connectivity index (χ0n) is 50.3. The molecule has 0 aromatic carbocycles. The smallest absolute Gasteiger partial charge is 0.664 e. The standard InChI is InChI=1S/C67H95N6O5.Mg/c1-12-51-46(8)56-38-57-47(9)53(33-34-62(74)78-36-35-45(7)28-22-27-44(6)26-21-25-43(5)24-20-23-42(3)4)65(72-57)54(37-63(75)77-11)66-64(67(76)69-50-31-18-15-19-32-50)48(10)58(73-66)39-60-52(13-2)55(61(71-60)40-59(51)70-56)41-68-49-29-16-14-17-30-49;/h12,35,38-44,47,49-50,53H,1,13-34,36-37H2,2-11H3,(H2-,68,69,70,71,72,73,76);/q-1;+2/p+1. The van der Waals surface area contributed by atoms with Gasteiger partial charge in [-0.25, -0.2) is 9.97 Å². The summed E-state index contributed by atoms with van der Waals surface area (Å²) in [5.74, 6) is 0.922. The Morgan fingerprint density at radius 1 is 0.797 bits per heavy atom. The van der Waals surface area contributed by atoms with Gasteiger partial charge in [-0.15, -0.1) is 22.4 Å². The Hall–Kier alpha value is -4.81. The Balaban J connectivity index is 0.0000101. The number of carbonyl (C=O) groups is 3. The summed E-state index contributed by atoms with van der Waals surface area (Å²) in [6.45, 7) is 24.4. The van der Waals surface area contributed by atoms with E-state index in [-0.39, 0.29) is 78.3 Å². The number of hydrogen-bond acceptors (Lipinski definition) is 6. The van der Waals surface area contributed by atoms with Crippen LogP contribution in [0.1, 0.15) is 260 Å². The molecule has 3 N–H and O–H groups in total. The largest absolute Gasteiger partial charge is 2.00 e. The summed E-state index contributed by atoms with van der Waals surface area (Å²) >= 11 is 0. The molecule has 3 aliphatic heterocycles. The van der Waals surface area contributed by atoms with Crippen molar-refractivity contribution in [3.63, 3.8) is 0 Å². The zero-order valence-corrected chi connectivity index (χ0v) is 51.7. The maximum Gasteiger partial charge on any atom is 2.00 e. The van der Waals surface area contributed by atoms with Gasteiger partial charge in [-0.3, -0.25) is 19.4 Å². The van der Waals surface area contributed by atoms with Gasteiger partial charge in [-0.1, -0.05) is 149 Å². The number of aromatic nitrogens is 4. The molecule has 8 bridgehead atoms. The number of allylic oxidation sites excluding steroid dienone is 5. The minimum absolute atomic E-state index is 0. The van der Waals surface area contributed by atoms with Crippen molar-refractivity contribution in [1.82, 2.24) is 15.3 Å². The number of rotatable bonds is 25. The van der Waals surface area contributed by atoms with Crippen LogP contribution < -0.4 is 25.3 Å². The van der Waals surface area contributed by atoms with Gasteiger partial charge in [0.15, 0.2) is 0 Å². The molecule has 424 valence electrons. The van der Waals surface area contributed by atoms with Gasteiger partial charge in [0, 0.05) is 41.4 Å². The van der Waals surface area contributed by atoms with Crippen LogP contribution in [0.25, 0.3) is 33.3 Å². The van der Waals surface area contributed by atoms with Crippen LogP contribution in [0.2, 0.25) is 0 Å². The van der Waals surface area contributed by atoms with Crippen molar-refractivity contribution in [1.29, 1.82) is 0 Å². The number of fused-ring (bicyclic) bond motifs is 8. The molecule has 4 unspecified atom stereocenters. The van der Waals surface area contributed by atoms with Crippen LogP contribution in [0.3, 0.4) is 0 Å². The first-order chi connectivity index (χ1) is 37.6. The van der Waals surface area contributed by atoms with Gasteiger partial charge in [-0.2, -0.15) is 0 Å². The fourth-order valence-electron chi connectivity index (χ4n) is 12.6. The monoisotopic (exact) mass is 1090 g/mol. The van der Waals surface area contributed by atoms with E-state index in [0.29, 0.717) is 41.3 Å². The van der Waals surface area contributed by atoms with Crippen LogP contribution >= 0.6 is 0 Å². The third-order valence-electron chi connectivity index (χ3n) is 17.7. The number of amides is 1.